The molecule has 0 saturated heterocycles. The summed E-state index contributed by atoms with van der Waals surface area (Å²) in [5, 5.41) is 0. The molecule has 0 aromatic carbocycles. The van der Waals surface area contributed by atoms with Crippen molar-refractivity contribution in [3.63, 3.8) is 0 Å². The van der Waals surface area contributed by atoms with Crippen LogP contribution >= 0.6 is 0 Å². The van der Waals surface area contributed by atoms with E-state index >= 15 is 0 Å². The number of nitrogens with zero attached hydrogens (tertiary/aromatic N) is 4. The van der Waals surface area contributed by atoms with Gasteiger partial charge in [-0.1, -0.05) is 12.1 Å². The minimum atomic E-state index is -0.929. The molecular formula is C21H16F3N5. The van der Waals surface area contributed by atoms with Gasteiger partial charge in [0, 0.05) is 5.41 Å². The van der Waals surface area contributed by atoms with Crippen LogP contribution in [0.2, 0.25) is 0 Å². The standard InChI is InChI=1S/C21H16F3N5/c1-21(2,16-8-4-6-14(28-16)18-20(24)26-11-25-18)15-7-3-5-13(27-15)12-9-10-17(22)29-19(12)23/h3-11H,1-2H3,(H,25,26). The third-order valence-corrected chi connectivity index (χ3v) is 4.71. The molecule has 5 nitrogen and oxygen atoms in total. The van der Waals surface area contributed by atoms with Crippen LogP contribution in [-0.2, 0) is 5.41 Å². The lowest BCUT2D eigenvalue weighted by Gasteiger charge is -2.24. The molecule has 4 aromatic rings. The van der Waals surface area contributed by atoms with E-state index in [9.17, 15) is 13.2 Å². The zero-order valence-corrected chi connectivity index (χ0v) is 15.6. The van der Waals surface area contributed by atoms with E-state index in [1.165, 1.54) is 12.4 Å². The van der Waals surface area contributed by atoms with Gasteiger partial charge in [-0.15, -0.1) is 0 Å². The minimum absolute atomic E-state index is 0.101. The number of rotatable bonds is 4. The smallest absolute Gasteiger partial charge is 0.224 e. The van der Waals surface area contributed by atoms with Crippen LogP contribution < -0.4 is 0 Å². The molecule has 4 aromatic heterocycles. The molecule has 0 bridgehead atoms. The van der Waals surface area contributed by atoms with Gasteiger partial charge in [-0.25, -0.2) is 4.98 Å². The highest BCUT2D eigenvalue weighted by Gasteiger charge is 2.28. The lowest BCUT2D eigenvalue weighted by atomic mass is 9.84. The molecule has 0 aliphatic heterocycles. The van der Waals surface area contributed by atoms with Crippen LogP contribution in [0.25, 0.3) is 22.6 Å². The van der Waals surface area contributed by atoms with Crippen LogP contribution in [0, 0.1) is 17.8 Å². The molecule has 4 rings (SSSR count). The molecule has 4 heterocycles. The van der Waals surface area contributed by atoms with Crippen LogP contribution in [0.4, 0.5) is 13.2 Å². The highest BCUT2D eigenvalue weighted by Crippen LogP contribution is 2.32. The average Bonchev–Trinajstić information content (AvgIpc) is 3.14. The highest BCUT2D eigenvalue weighted by atomic mass is 19.1. The quantitative estimate of drug-likeness (QED) is 0.510. The number of halogens is 3. The first-order valence-electron chi connectivity index (χ1n) is 8.83. The Bertz CT molecular complexity index is 1190. The van der Waals surface area contributed by atoms with Crippen LogP contribution in [0.5, 0.6) is 0 Å². The van der Waals surface area contributed by atoms with E-state index in [0.29, 0.717) is 22.8 Å². The number of imidazole rings is 1. The number of pyridine rings is 3. The maximum Gasteiger partial charge on any atom is 0.224 e. The monoisotopic (exact) mass is 395 g/mol. The SMILES string of the molecule is CC(C)(c1cccc(-c2ccc(F)nc2F)n1)c1cccc(-c2nc[nH]c2F)n1. The van der Waals surface area contributed by atoms with Crippen molar-refractivity contribution < 1.29 is 13.2 Å². The molecule has 0 saturated carbocycles. The zero-order valence-electron chi connectivity index (χ0n) is 15.6. The van der Waals surface area contributed by atoms with Gasteiger partial charge in [0.05, 0.1) is 34.7 Å². The predicted molar refractivity (Wildman–Crippen MR) is 101 cm³/mol. The second kappa shape index (κ2) is 7.12. The van der Waals surface area contributed by atoms with E-state index in [-0.39, 0.29) is 11.3 Å². The molecular weight excluding hydrogens is 379 g/mol. The molecule has 0 atom stereocenters. The van der Waals surface area contributed by atoms with Gasteiger partial charge >= 0.3 is 0 Å². The summed E-state index contributed by atoms with van der Waals surface area (Å²) in [6, 6.07) is 12.8. The van der Waals surface area contributed by atoms with Gasteiger partial charge in [-0.2, -0.15) is 18.2 Å². The number of hydrogen-bond donors (Lipinski definition) is 1. The Labute approximate surface area is 164 Å². The maximum absolute atomic E-state index is 14.1. The topological polar surface area (TPSA) is 67.3 Å². The van der Waals surface area contributed by atoms with Crippen molar-refractivity contribution in [2.75, 3.05) is 0 Å². The van der Waals surface area contributed by atoms with Gasteiger partial charge in [0.2, 0.25) is 17.8 Å². The number of aromatic nitrogens is 5. The Kier molecular flexibility index (Phi) is 4.62. The molecule has 0 fully saturated rings. The summed E-state index contributed by atoms with van der Waals surface area (Å²) >= 11 is 0. The highest BCUT2D eigenvalue weighted by molar-refractivity contribution is 5.59. The number of nitrogens with one attached hydrogen (secondary N) is 1. The van der Waals surface area contributed by atoms with Gasteiger partial charge in [0.1, 0.15) is 5.69 Å². The third-order valence-electron chi connectivity index (χ3n) is 4.71. The van der Waals surface area contributed by atoms with Crippen molar-refractivity contribution in [3.05, 3.63) is 84.1 Å². The molecule has 0 amide bonds. The zero-order chi connectivity index (χ0) is 20.6. The summed E-state index contributed by atoms with van der Waals surface area (Å²) in [5.41, 5.74) is 1.52. The van der Waals surface area contributed by atoms with Crippen molar-refractivity contribution in [1.29, 1.82) is 0 Å². The molecule has 0 aliphatic carbocycles. The summed E-state index contributed by atoms with van der Waals surface area (Å²) in [5.74, 6) is -2.39. The van der Waals surface area contributed by atoms with Gasteiger partial charge in [0.15, 0.2) is 0 Å². The molecule has 146 valence electrons. The first kappa shape index (κ1) is 18.8. The molecule has 0 radical (unpaired) electrons. The average molecular weight is 395 g/mol. The molecule has 0 spiro atoms. The summed E-state index contributed by atoms with van der Waals surface area (Å²) in [7, 11) is 0. The van der Waals surface area contributed by atoms with Gasteiger partial charge < -0.3 is 4.98 Å². The van der Waals surface area contributed by atoms with Gasteiger partial charge in [0.25, 0.3) is 0 Å². The Morgan fingerprint density at radius 1 is 0.793 bits per heavy atom. The van der Waals surface area contributed by atoms with Crippen molar-refractivity contribution in [1.82, 2.24) is 24.9 Å². The fraction of sp³-hybridized carbons (Fsp3) is 0.143. The molecule has 1 N–H and O–H groups in total. The Morgan fingerprint density at radius 3 is 2.07 bits per heavy atom. The molecule has 0 unspecified atom stereocenters. The molecule has 8 heteroatoms. The number of H-pyrrole nitrogens is 1. The fourth-order valence-corrected chi connectivity index (χ4v) is 3.04. The van der Waals surface area contributed by atoms with E-state index in [1.807, 2.05) is 19.9 Å². The second-order valence-electron chi connectivity index (χ2n) is 6.98. The Balaban J connectivity index is 1.76. The minimum Gasteiger partial charge on any atom is -0.321 e. The Morgan fingerprint density at radius 2 is 1.45 bits per heavy atom. The van der Waals surface area contributed by atoms with Gasteiger partial charge in [-0.05, 0) is 50.2 Å². The summed E-state index contributed by atoms with van der Waals surface area (Å²) in [4.78, 5) is 18.7. The predicted octanol–water partition coefficient (Wildman–Crippen LogP) is 4.67. The second-order valence-corrected chi connectivity index (χ2v) is 6.98. The van der Waals surface area contributed by atoms with E-state index in [1.54, 1.807) is 30.3 Å². The van der Waals surface area contributed by atoms with E-state index < -0.39 is 23.3 Å². The summed E-state index contributed by atoms with van der Waals surface area (Å²) in [6.07, 6.45) is 1.26. The number of hydrogen-bond acceptors (Lipinski definition) is 4. The summed E-state index contributed by atoms with van der Waals surface area (Å²) < 4.78 is 41.1. The number of aromatic amines is 1. The van der Waals surface area contributed by atoms with E-state index in [2.05, 4.69) is 24.9 Å². The van der Waals surface area contributed by atoms with Crippen molar-refractivity contribution in [3.8, 4) is 22.6 Å². The van der Waals surface area contributed by atoms with Crippen LogP contribution in [-0.4, -0.2) is 24.9 Å². The fourth-order valence-electron chi connectivity index (χ4n) is 3.04. The lowest BCUT2D eigenvalue weighted by Crippen LogP contribution is -2.22. The van der Waals surface area contributed by atoms with Gasteiger partial charge in [-0.3, -0.25) is 9.97 Å². The lowest BCUT2D eigenvalue weighted by molar-refractivity contribution is 0.514. The van der Waals surface area contributed by atoms with Crippen molar-refractivity contribution in [2.24, 2.45) is 0 Å². The van der Waals surface area contributed by atoms with Crippen LogP contribution in [0.3, 0.4) is 0 Å². The molecule has 29 heavy (non-hydrogen) atoms. The normalized spacial score (nSPS) is 11.6. The van der Waals surface area contributed by atoms with Crippen LogP contribution in [0.15, 0.2) is 54.9 Å². The van der Waals surface area contributed by atoms with E-state index in [0.717, 1.165) is 6.07 Å². The largest absolute Gasteiger partial charge is 0.321 e. The van der Waals surface area contributed by atoms with Crippen LogP contribution in [0.1, 0.15) is 25.2 Å². The van der Waals surface area contributed by atoms with E-state index in [4.69, 9.17) is 0 Å². The third kappa shape index (κ3) is 3.49. The first-order valence-corrected chi connectivity index (χ1v) is 8.83. The van der Waals surface area contributed by atoms with Crippen molar-refractivity contribution >= 4 is 0 Å². The molecule has 0 aliphatic rings. The van der Waals surface area contributed by atoms with Crippen molar-refractivity contribution in [2.45, 2.75) is 19.3 Å². The first-order chi connectivity index (χ1) is 13.9. The Hall–Kier alpha value is -3.55. The summed E-state index contributed by atoms with van der Waals surface area (Å²) in [6.45, 7) is 3.82. The maximum atomic E-state index is 14.1.